The van der Waals surface area contributed by atoms with Gasteiger partial charge in [-0.2, -0.15) is 13.2 Å². The summed E-state index contributed by atoms with van der Waals surface area (Å²) >= 11 is 0. The number of anilines is 1. The molecule has 1 fully saturated rings. The zero-order chi connectivity index (χ0) is 30.2. The van der Waals surface area contributed by atoms with E-state index in [1.807, 2.05) is 0 Å². The maximum absolute atomic E-state index is 14.4. The standard InChI is InChI=1S/C27H37F3N4O6/c1-7-22(35)31-16(4)13-33-20-11-18(19(27(28,29)30)12-21(20)40-26(5,6)24(33)37)23(36)34(15(2)3)17-9-8-10-32(14-17)25(38)39/h11-12,15-17H,7-10,13-14H2,1-6H3,(H,31,35)(H,38,39)/t16-,17+/m0/s1. The number of nitrogens with zero attached hydrogens (tertiary/aromatic N) is 3. The van der Waals surface area contributed by atoms with Crippen LogP contribution in [-0.4, -0.2) is 82.1 Å². The zero-order valence-electron chi connectivity index (χ0n) is 23.6. The predicted octanol–water partition coefficient (Wildman–Crippen LogP) is 4.12. The van der Waals surface area contributed by atoms with Crippen LogP contribution in [0.3, 0.4) is 0 Å². The Morgan fingerprint density at radius 3 is 2.42 bits per heavy atom. The minimum atomic E-state index is -4.93. The quantitative estimate of drug-likeness (QED) is 0.509. The van der Waals surface area contributed by atoms with Crippen LogP contribution in [0, 0.1) is 0 Å². The SMILES string of the molecule is CCC(=O)N[C@@H](C)CN1C(=O)C(C)(C)Oc2cc(C(F)(F)F)c(C(=O)N(C(C)C)[C@@H]3CCCN(C(=O)O)C3)cc21. The Labute approximate surface area is 231 Å². The number of ether oxygens (including phenoxy) is 1. The third-order valence-electron chi connectivity index (χ3n) is 7.09. The van der Waals surface area contributed by atoms with Gasteiger partial charge in [-0.15, -0.1) is 0 Å². The number of fused-ring (bicyclic) bond motifs is 1. The van der Waals surface area contributed by atoms with Gasteiger partial charge < -0.3 is 29.9 Å². The second-order valence-corrected chi connectivity index (χ2v) is 11.0. The molecule has 40 heavy (non-hydrogen) atoms. The third-order valence-corrected chi connectivity index (χ3v) is 7.09. The summed E-state index contributed by atoms with van der Waals surface area (Å²) in [4.78, 5) is 54.4. The highest BCUT2D eigenvalue weighted by Gasteiger charge is 2.46. The maximum atomic E-state index is 14.4. The lowest BCUT2D eigenvalue weighted by Crippen LogP contribution is -2.56. The summed E-state index contributed by atoms with van der Waals surface area (Å²) in [6, 6.07) is 0.0418. The van der Waals surface area contributed by atoms with Crippen LogP contribution in [0.4, 0.5) is 23.7 Å². The molecule has 0 bridgehead atoms. The van der Waals surface area contributed by atoms with E-state index >= 15 is 0 Å². The lowest BCUT2D eigenvalue weighted by Gasteiger charge is -2.42. The van der Waals surface area contributed by atoms with Crippen molar-refractivity contribution in [3.8, 4) is 5.75 Å². The molecule has 0 unspecified atom stereocenters. The summed E-state index contributed by atoms with van der Waals surface area (Å²) in [6.07, 6.45) is -5.00. The molecule has 1 aromatic rings. The number of hydrogen-bond acceptors (Lipinski definition) is 5. The van der Waals surface area contributed by atoms with Gasteiger partial charge in [0.25, 0.3) is 11.8 Å². The van der Waals surface area contributed by atoms with Gasteiger partial charge in [-0.25, -0.2) is 4.79 Å². The second kappa shape index (κ2) is 11.5. The molecule has 4 amide bonds. The third kappa shape index (κ3) is 6.44. The Morgan fingerprint density at radius 1 is 1.23 bits per heavy atom. The molecule has 2 aliphatic heterocycles. The molecule has 0 saturated carbocycles. The molecule has 2 heterocycles. The summed E-state index contributed by atoms with van der Waals surface area (Å²) in [7, 11) is 0. The Morgan fingerprint density at radius 2 is 1.88 bits per heavy atom. The van der Waals surface area contributed by atoms with E-state index < -0.39 is 58.9 Å². The van der Waals surface area contributed by atoms with Crippen molar-refractivity contribution in [1.82, 2.24) is 15.1 Å². The highest BCUT2D eigenvalue weighted by atomic mass is 19.4. The van der Waals surface area contributed by atoms with Crippen LogP contribution in [0.15, 0.2) is 12.1 Å². The number of alkyl halides is 3. The summed E-state index contributed by atoms with van der Waals surface area (Å²) in [6.45, 7) is 9.70. The van der Waals surface area contributed by atoms with Gasteiger partial charge >= 0.3 is 12.3 Å². The number of rotatable bonds is 7. The van der Waals surface area contributed by atoms with Crippen LogP contribution >= 0.6 is 0 Å². The van der Waals surface area contributed by atoms with Crippen LogP contribution in [0.5, 0.6) is 5.75 Å². The normalized spacial score (nSPS) is 19.6. The molecule has 0 aliphatic carbocycles. The van der Waals surface area contributed by atoms with Gasteiger partial charge in [0, 0.05) is 38.1 Å². The molecule has 2 N–H and O–H groups in total. The fourth-order valence-electron chi connectivity index (χ4n) is 5.22. The average Bonchev–Trinajstić information content (AvgIpc) is 2.85. The topological polar surface area (TPSA) is 119 Å². The van der Waals surface area contributed by atoms with E-state index in [2.05, 4.69) is 5.32 Å². The van der Waals surface area contributed by atoms with Crippen molar-refractivity contribution in [3.05, 3.63) is 23.3 Å². The average molecular weight is 571 g/mol. The van der Waals surface area contributed by atoms with E-state index in [1.54, 1.807) is 27.7 Å². The van der Waals surface area contributed by atoms with E-state index in [9.17, 15) is 37.5 Å². The molecule has 2 atom stereocenters. The Bertz CT molecular complexity index is 1170. The van der Waals surface area contributed by atoms with Crippen LogP contribution < -0.4 is 15.0 Å². The summed E-state index contributed by atoms with van der Waals surface area (Å²) in [5.74, 6) is -1.94. The van der Waals surface area contributed by atoms with Crippen molar-refractivity contribution in [2.45, 2.75) is 90.7 Å². The number of hydrogen-bond donors (Lipinski definition) is 2. The Kier molecular flexibility index (Phi) is 8.95. The van der Waals surface area contributed by atoms with Gasteiger partial charge in [0.05, 0.1) is 22.9 Å². The first-order chi connectivity index (χ1) is 18.5. The van der Waals surface area contributed by atoms with E-state index in [1.165, 1.54) is 23.6 Å². The molecule has 2 aliphatic rings. The number of benzene rings is 1. The molecule has 10 nitrogen and oxygen atoms in total. The second-order valence-electron chi connectivity index (χ2n) is 11.0. The fraction of sp³-hybridized carbons (Fsp3) is 0.630. The van der Waals surface area contributed by atoms with Gasteiger partial charge in [-0.3, -0.25) is 14.4 Å². The molecule has 1 saturated heterocycles. The van der Waals surface area contributed by atoms with E-state index in [0.29, 0.717) is 12.8 Å². The molecule has 1 aromatic carbocycles. The summed E-state index contributed by atoms with van der Waals surface area (Å²) in [5.41, 5.74) is -3.40. The number of halogens is 3. The molecular weight excluding hydrogens is 533 g/mol. The number of carbonyl (C=O) groups is 4. The van der Waals surface area contributed by atoms with Gasteiger partial charge in [0.15, 0.2) is 5.60 Å². The van der Waals surface area contributed by atoms with Crippen LogP contribution in [0.1, 0.15) is 76.7 Å². The van der Waals surface area contributed by atoms with E-state index in [4.69, 9.17) is 4.74 Å². The van der Waals surface area contributed by atoms with Crippen LogP contribution in [0.2, 0.25) is 0 Å². The molecule has 13 heteroatoms. The van der Waals surface area contributed by atoms with Gasteiger partial charge in [0.2, 0.25) is 5.91 Å². The van der Waals surface area contributed by atoms with Crippen LogP contribution in [-0.2, 0) is 15.8 Å². The maximum Gasteiger partial charge on any atom is 0.417 e. The first-order valence-electron chi connectivity index (χ1n) is 13.3. The number of carboxylic acid groups (broad SMARTS) is 1. The van der Waals surface area contributed by atoms with E-state index in [0.717, 1.165) is 17.0 Å². The number of piperidine rings is 1. The summed E-state index contributed by atoms with van der Waals surface area (Å²) in [5, 5.41) is 12.2. The molecule has 3 rings (SSSR count). The van der Waals surface area contributed by atoms with Crippen molar-refractivity contribution in [2.75, 3.05) is 24.5 Å². The Balaban J connectivity index is 2.13. The minimum Gasteiger partial charge on any atom is -0.476 e. The fourth-order valence-corrected chi connectivity index (χ4v) is 5.22. The van der Waals surface area contributed by atoms with Gasteiger partial charge in [0.1, 0.15) is 5.75 Å². The van der Waals surface area contributed by atoms with Crippen molar-refractivity contribution in [3.63, 3.8) is 0 Å². The highest BCUT2D eigenvalue weighted by molar-refractivity contribution is 6.05. The Hall–Kier alpha value is -3.51. The van der Waals surface area contributed by atoms with Crippen LogP contribution in [0.25, 0.3) is 0 Å². The lowest BCUT2D eigenvalue weighted by atomic mass is 9.96. The van der Waals surface area contributed by atoms with Gasteiger partial charge in [-0.1, -0.05) is 6.92 Å². The lowest BCUT2D eigenvalue weighted by molar-refractivity contribution is -0.138. The number of carbonyl (C=O) groups excluding carboxylic acids is 3. The highest BCUT2D eigenvalue weighted by Crippen LogP contribution is 2.44. The van der Waals surface area contributed by atoms with Crippen molar-refractivity contribution >= 4 is 29.5 Å². The molecular formula is C27H37F3N4O6. The number of nitrogens with one attached hydrogen (secondary N) is 1. The first kappa shape index (κ1) is 31.0. The number of likely N-dealkylation sites (tertiary alicyclic amines) is 1. The molecule has 0 radical (unpaired) electrons. The van der Waals surface area contributed by atoms with Crippen molar-refractivity contribution < 1.29 is 42.2 Å². The van der Waals surface area contributed by atoms with E-state index in [-0.39, 0.29) is 43.4 Å². The number of amides is 4. The molecule has 222 valence electrons. The molecule has 0 spiro atoms. The molecule has 0 aromatic heterocycles. The summed E-state index contributed by atoms with van der Waals surface area (Å²) < 4.78 is 48.8. The van der Waals surface area contributed by atoms with Gasteiger partial charge in [-0.05, 0) is 59.6 Å². The monoisotopic (exact) mass is 570 g/mol. The van der Waals surface area contributed by atoms with Crippen molar-refractivity contribution in [2.24, 2.45) is 0 Å². The zero-order valence-corrected chi connectivity index (χ0v) is 23.6. The predicted molar refractivity (Wildman–Crippen MR) is 140 cm³/mol. The largest absolute Gasteiger partial charge is 0.476 e. The minimum absolute atomic E-state index is 0.0159. The smallest absolute Gasteiger partial charge is 0.417 e. The first-order valence-corrected chi connectivity index (χ1v) is 13.3. The van der Waals surface area contributed by atoms with Crippen molar-refractivity contribution in [1.29, 1.82) is 0 Å².